The van der Waals surface area contributed by atoms with E-state index in [-0.39, 0.29) is 39.6 Å². The number of rotatable bonds is 3. The Morgan fingerprint density at radius 2 is 0.750 bits per heavy atom. The zero-order valence-electron chi connectivity index (χ0n) is 7.71. The van der Waals surface area contributed by atoms with Crippen molar-refractivity contribution in [2.75, 3.05) is 17.3 Å². The van der Waals surface area contributed by atoms with Crippen LogP contribution in [0.15, 0.2) is 0 Å². The number of carboxylic acids is 3. The van der Waals surface area contributed by atoms with Crippen LogP contribution >= 0.6 is 37.9 Å². The van der Waals surface area contributed by atoms with Crippen LogP contribution in [0.2, 0.25) is 0 Å². The van der Waals surface area contributed by atoms with Crippen molar-refractivity contribution in [2.45, 2.75) is 0 Å². The first-order valence-corrected chi connectivity index (χ1v) is 5.13. The molecule has 16 heavy (non-hydrogen) atoms. The van der Waals surface area contributed by atoms with Crippen molar-refractivity contribution in [3.05, 3.63) is 0 Å². The van der Waals surface area contributed by atoms with Gasteiger partial charge in [0.15, 0.2) is 0 Å². The molecule has 0 aliphatic heterocycles. The monoisotopic (exact) mass is 470 g/mol. The van der Waals surface area contributed by atoms with Crippen LogP contribution in [0.1, 0.15) is 0 Å². The van der Waals surface area contributed by atoms with Gasteiger partial charge in [0, 0.05) is 17.3 Å². The summed E-state index contributed by atoms with van der Waals surface area (Å²) in [6, 6.07) is 0. The summed E-state index contributed by atoms with van der Waals surface area (Å²) in [5.74, 6) is -3.98. The van der Waals surface area contributed by atoms with Crippen LogP contribution < -0.4 is 15.3 Å². The molecule has 0 amide bonds. The molecule has 0 atom stereocenters. The minimum absolute atomic E-state index is 0. The SMILES string of the molecule is O=C([O-])CS.O=C([O-])CS.O=C([O-])CS.[Au+3]. The van der Waals surface area contributed by atoms with E-state index in [1.165, 1.54) is 0 Å². The quantitative estimate of drug-likeness (QED) is 0.286. The largest absolute Gasteiger partial charge is 3.00 e. The Balaban J connectivity index is -0.0000000655. The van der Waals surface area contributed by atoms with Crippen molar-refractivity contribution < 1.29 is 52.1 Å². The van der Waals surface area contributed by atoms with Gasteiger partial charge in [-0.05, 0) is 0 Å². The third-order valence-corrected chi connectivity index (χ3v) is 1.16. The fourth-order valence-electron chi connectivity index (χ4n) is 0. The molecule has 0 spiro atoms. The van der Waals surface area contributed by atoms with Crippen molar-refractivity contribution in [3.63, 3.8) is 0 Å². The normalized spacial score (nSPS) is 6.94. The summed E-state index contributed by atoms with van der Waals surface area (Å²) in [4.78, 5) is 27.5. The first kappa shape index (κ1) is 25.1. The summed E-state index contributed by atoms with van der Waals surface area (Å²) in [5.41, 5.74) is 0. The molecule has 0 saturated heterocycles. The van der Waals surface area contributed by atoms with Gasteiger partial charge in [-0.3, -0.25) is 0 Å². The molecule has 0 rings (SSSR count). The zero-order valence-corrected chi connectivity index (χ0v) is 12.6. The molecule has 98 valence electrons. The van der Waals surface area contributed by atoms with E-state index in [4.69, 9.17) is 0 Å². The topological polar surface area (TPSA) is 120 Å². The van der Waals surface area contributed by atoms with E-state index in [1.807, 2.05) is 0 Å². The van der Waals surface area contributed by atoms with Crippen LogP contribution in [-0.4, -0.2) is 35.2 Å². The Hall–Kier alpha value is 0.200. The first-order chi connectivity index (χ1) is 6.81. The Kier molecular flexibility index (Phi) is 32.4. The Morgan fingerprint density at radius 3 is 0.750 bits per heavy atom. The molecule has 0 bridgehead atoms. The molecule has 0 aliphatic carbocycles. The summed E-state index contributed by atoms with van der Waals surface area (Å²) in [7, 11) is 0. The number of aliphatic carboxylic acids is 3. The van der Waals surface area contributed by atoms with E-state index in [0.717, 1.165) is 0 Å². The second-order valence-corrected chi connectivity index (χ2v) is 2.54. The van der Waals surface area contributed by atoms with Crippen molar-refractivity contribution in [2.24, 2.45) is 0 Å². The number of hydrogen-bond acceptors (Lipinski definition) is 9. The third-order valence-electron chi connectivity index (χ3n) is 0.387. The maximum absolute atomic E-state index is 9.18. The second kappa shape index (κ2) is 20.6. The van der Waals surface area contributed by atoms with Crippen molar-refractivity contribution in [1.29, 1.82) is 0 Å². The van der Waals surface area contributed by atoms with Crippen LogP contribution in [0.4, 0.5) is 0 Å². The Bertz CT molecular complexity index is 167. The van der Waals surface area contributed by atoms with Gasteiger partial charge in [-0.25, -0.2) is 0 Å². The molecule has 6 nitrogen and oxygen atoms in total. The minimum Gasteiger partial charge on any atom is -0.549 e. The van der Waals surface area contributed by atoms with E-state index < -0.39 is 17.9 Å². The van der Waals surface area contributed by atoms with Gasteiger partial charge >= 0.3 is 22.4 Å². The molecule has 0 aromatic carbocycles. The van der Waals surface area contributed by atoms with Crippen LogP contribution in [-0.2, 0) is 36.8 Å². The van der Waals surface area contributed by atoms with E-state index >= 15 is 0 Å². The third kappa shape index (κ3) is 64.4. The Morgan fingerprint density at radius 1 is 0.688 bits per heavy atom. The average molecular weight is 470 g/mol. The summed E-state index contributed by atoms with van der Waals surface area (Å²) >= 11 is 10.1. The van der Waals surface area contributed by atoms with Crippen molar-refractivity contribution in [3.8, 4) is 0 Å². The van der Waals surface area contributed by atoms with E-state index in [2.05, 4.69) is 37.9 Å². The first-order valence-electron chi connectivity index (χ1n) is 3.23. The van der Waals surface area contributed by atoms with Crippen molar-refractivity contribution in [1.82, 2.24) is 0 Å². The molecule has 0 aromatic rings. The van der Waals surface area contributed by atoms with Crippen LogP contribution in [0.25, 0.3) is 0 Å². The summed E-state index contributed by atoms with van der Waals surface area (Å²) < 4.78 is 0. The molecular formula is C6H9AuO6S3. The molecule has 0 heterocycles. The van der Waals surface area contributed by atoms with Gasteiger partial charge in [0.05, 0.1) is 17.9 Å². The van der Waals surface area contributed by atoms with Crippen LogP contribution in [0, 0.1) is 0 Å². The summed E-state index contributed by atoms with van der Waals surface area (Å²) in [6.45, 7) is 0. The van der Waals surface area contributed by atoms with Gasteiger partial charge in [-0.1, -0.05) is 0 Å². The molecule has 10 heteroatoms. The molecule has 0 aromatic heterocycles. The fourth-order valence-corrected chi connectivity index (χ4v) is 0. The molecule has 0 N–H and O–H groups in total. The number of carbonyl (C=O) groups excluding carboxylic acids is 3. The van der Waals surface area contributed by atoms with Crippen LogP contribution in [0.5, 0.6) is 0 Å². The van der Waals surface area contributed by atoms with Gasteiger partial charge in [0.25, 0.3) is 0 Å². The number of carbonyl (C=O) groups is 3. The van der Waals surface area contributed by atoms with Gasteiger partial charge < -0.3 is 29.7 Å². The summed E-state index contributed by atoms with van der Waals surface area (Å²) in [5, 5.41) is 27.5. The molecule has 0 unspecified atom stereocenters. The zero-order chi connectivity index (χ0) is 12.9. The Labute approximate surface area is 125 Å². The van der Waals surface area contributed by atoms with E-state index in [0.29, 0.717) is 0 Å². The van der Waals surface area contributed by atoms with Gasteiger partial charge in [-0.15, -0.1) is 0 Å². The van der Waals surface area contributed by atoms with E-state index in [1.54, 1.807) is 0 Å². The second-order valence-electron chi connectivity index (χ2n) is 1.59. The molecule has 0 fully saturated rings. The average Bonchev–Trinajstić information content (AvgIpc) is 2.19. The number of thiol groups is 3. The van der Waals surface area contributed by atoms with Gasteiger partial charge in [0.1, 0.15) is 0 Å². The van der Waals surface area contributed by atoms with E-state index in [9.17, 15) is 29.7 Å². The standard InChI is InChI=1S/3C2H4O2S.Au/c3*3-2(4)1-5;/h3*5H,1H2,(H,3,4);/q;;;+3/p-3. The van der Waals surface area contributed by atoms with Crippen LogP contribution in [0.3, 0.4) is 0 Å². The number of hydrogen-bond donors (Lipinski definition) is 3. The smallest absolute Gasteiger partial charge is 0.549 e. The van der Waals surface area contributed by atoms with Gasteiger partial charge in [0.2, 0.25) is 0 Å². The number of carboxylic acid groups (broad SMARTS) is 3. The molecular weight excluding hydrogens is 461 g/mol. The predicted molar refractivity (Wildman–Crippen MR) is 56.6 cm³/mol. The molecule has 0 aliphatic rings. The van der Waals surface area contributed by atoms with Gasteiger partial charge in [-0.2, -0.15) is 37.9 Å². The predicted octanol–water partition coefficient (Wildman–Crippen LogP) is -4.00. The molecule has 0 radical (unpaired) electrons. The fraction of sp³-hybridized carbons (Fsp3) is 0.500. The molecule has 0 saturated carbocycles. The minimum atomic E-state index is -1.13. The summed E-state index contributed by atoms with van der Waals surface area (Å²) in [6.07, 6.45) is 0. The van der Waals surface area contributed by atoms with Crippen molar-refractivity contribution >= 4 is 55.8 Å². The maximum atomic E-state index is 9.18. The maximum Gasteiger partial charge on any atom is 3.00 e.